The Morgan fingerprint density at radius 3 is 2.83 bits per heavy atom. The molecule has 0 atom stereocenters. The van der Waals surface area contributed by atoms with Crippen LogP contribution in [0.1, 0.15) is 35.1 Å². The van der Waals surface area contributed by atoms with E-state index < -0.39 is 16.6 Å². The summed E-state index contributed by atoms with van der Waals surface area (Å²) in [7, 11) is 1.35. The SMILES string of the molecule is CCCc1[nH]nc(C(=O)NCc2ccc(OC)c(F)c2)c1[N+](=O)[O-]. The second kappa shape index (κ2) is 7.53. The van der Waals surface area contributed by atoms with Crippen molar-refractivity contribution in [3.8, 4) is 5.75 Å². The second-order valence-electron chi connectivity index (χ2n) is 5.06. The van der Waals surface area contributed by atoms with Gasteiger partial charge in [0.2, 0.25) is 5.69 Å². The summed E-state index contributed by atoms with van der Waals surface area (Å²) in [5, 5.41) is 19.9. The Labute approximate surface area is 137 Å². The van der Waals surface area contributed by atoms with Crippen molar-refractivity contribution < 1.29 is 18.8 Å². The number of benzene rings is 1. The topological polar surface area (TPSA) is 110 Å². The van der Waals surface area contributed by atoms with Crippen LogP contribution >= 0.6 is 0 Å². The van der Waals surface area contributed by atoms with Crippen LogP contribution in [0.3, 0.4) is 0 Å². The van der Waals surface area contributed by atoms with Crippen LogP contribution in [0.5, 0.6) is 5.75 Å². The van der Waals surface area contributed by atoms with Crippen molar-refractivity contribution in [1.82, 2.24) is 15.5 Å². The molecule has 0 saturated carbocycles. The van der Waals surface area contributed by atoms with Crippen LogP contribution in [0.2, 0.25) is 0 Å². The molecule has 8 nitrogen and oxygen atoms in total. The molecule has 0 aliphatic heterocycles. The van der Waals surface area contributed by atoms with Gasteiger partial charge >= 0.3 is 5.69 Å². The summed E-state index contributed by atoms with van der Waals surface area (Å²) in [6.07, 6.45) is 1.09. The number of nitrogens with zero attached hydrogens (tertiary/aromatic N) is 2. The van der Waals surface area contributed by atoms with Crippen LogP contribution < -0.4 is 10.1 Å². The van der Waals surface area contributed by atoms with Crippen LogP contribution in [-0.2, 0) is 13.0 Å². The summed E-state index contributed by atoms with van der Waals surface area (Å²) in [6, 6.07) is 4.25. The monoisotopic (exact) mass is 336 g/mol. The van der Waals surface area contributed by atoms with E-state index in [1.165, 1.54) is 19.2 Å². The number of methoxy groups -OCH3 is 1. The van der Waals surface area contributed by atoms with Gasteiger partial charge in [0.05, 0.1) is 12.0 Å². The van der Waals surface area contributed by atoms with Gasteiger partial charge in [-0.05, 0) is 24.1 Å². The zero-order chi connectivity index (χ0) is 17.7. The van der Waals surface area contributed by atoms with Crippen LogP contribution in [0.15, 0.2) is 18.2 Å². The lowest BCUT2D eigenvalue weighted by Crippen LogP contribution is -2.24. The third-order valence-electron chi connectivity index (χ3n) is 3.38. The fraction of sp³-hybridized carbons (Fsp3) is 0.333. The van der Waals surface area contributed by atoms with E-state index in [1.807, 2.05) is 6.92 Å². The number of nitrogens with one attached hydrogen (secondary N) is 2. The number of H-pyrrole nitrogens is 1. The number of aromatic amines is 1. The zero-order valence-corrected chi connectivity index (χ0v) is 13.3. The van der Waals surface area contributed by atoms with Gasteiger partial charge in [-0.1, -0.05) is 19.4 Å². The standard InChI is InChI=1S/C15H17FN4O4/c1-3-4-11-14(20(22)23)13(19-18-11)15(21)17-8-9-5-6-12(24-2)10(16)7-9/h5-7H,3-4,8H2,1-2H3,(H,17,21)(H,18,19). The molecule has 24 heavy (non-hydrogen) atoms. The highest BCUT2D eigenvalue weighted by atomic mass is 19.1. The smallest absolute Gasteiger partial charge is 0.322 e. The molecule has 0 aliphatic rings. The second-order valence-corrected chi connectivity index (χ2v) is 5.06. The maximum Gasteiger partial charge on any atom is 0.322 e. The molecule has 1 heterocycles. The molecule has 1 aromatic heterocycles. The van der Waals surface area contributed by atoms with Gasteiger partial charge < -0.3 is 10.1 Å². The van der Waals surface area contributed by atoms with E-state index in [-0.39, 0.29) is 23.7 Å². The predicted molar refractivity (Wildman–Crippen MR) is 83.4 cm³/mol. The number of hydrogen-bond acceptors (Lipinski definition) is 5. The molecule has 9 heteroatoms. The number of aryl methyl sites for hydroxylation is 1. The minimum atomic E-state index is -0.698. The third-order valence-corrected chi connectivity index (χ3v) is 3.38. The highest BCUT2D eigenvalue weighted by Crippen LogP contribution is 2.22. The molecule has 1 aromatic carbocycles. The zero-order valence-electron chi connectivity index (χ0n) is 13.3. The van der Waals surface area contributed by atoms with E-state index in [4.69, 9.17) is 4.74 Å². The van der Waals surface area contributed by atoms with E-state index in [1.54, 1.807) is 6.07 Å². The molecular formula is C15H17FN4O4. The summed E-state index contributed by atoms with van der Waals surface area (Å²) >= 11 is 0. The highest BCUT2D eigenvalue weighted by molar-refractivity contribution is 5.96. The molecule has 2 rings (SSSR count). The lowest BCUT2D eigenvalue weighted by molar-refractivity contribution is -0.385. The fourth-order valence-corrected chi connectivity index (χ4v) is 2.24. The van der Waals surface area contributed by atoms with Crippen molar-refractivity contribution in [3.05, 3.63) is 51.1 Å². The summed E-state index contributed by atoms with van der Waals surface area (Å²) in [5.41, 5.74) is 0.199. The van der Waals surface area contributed by atoms with E-state index in [0.717, 1.165) is 0 Å². The summed E-state index contributed by atoms with van der Waals surface area (Å²) in [5.74, 6) is -1.16. The quantitative estimate of drug-likeness (QED) is 0.595. The van der Waals surface area contributed by atoms with Crippen molar-refractivity contribution in [2.45, 2.75) is 26.3 Å². The molecule has 0 fully saturated rings. The lowest BCUT2D eigenvalue weighted by Gasteiger charge is -2.06. The summed E-state index contributed by atoms with van der Waals surface area (Å²) < 4.78 is 18.4. The van der Waals surface area contributed by atoms with Crippen LogP contribution in [-0.4, -0.2) is 28.1 Å². The lowest BCUT2D eigenvalue weighted by atomic mass is 10.2. The first-order chi connectivity index (χ1) is 11.5. The first kappa shape index (κ1) is 17.4. The Morgan fingerprint density at radius 1 is 1.50 bits per heavy atom. The van der Waals surface area contributed by atoms with Gasteiger partial charge in [0.1, 0.15) is 5.69 Å². The van der Waals surface area contributed by atoms with Gasteiger partial charge in [-0.25, -0.2) is 4.39 Å². The van der Waals surface area contributed by atoms with Crippen molar-refractivity contribution in [3.63, 3.8) is 0 Å². The van der Waals surface area contributed by atoms with Gasteiger partial charge in [-0.2, -0.15) is 5.10 Å². The number of carbonyl (C=O) groups excluding carboxylic acids is 1. The molecule has 0 bridgehead atoms. The molecule has 2 aromatic rings. The molecule has 0 saturated heterocycles. The van der Waals surface area contributed by atoms with Gasteiger partial charge in [-0.3, -0.25) is 20.0 Å². The highest BCUT2D eigenvalue weighted by Gasteiger charge is 2.28. The minimum absolute atomic E-state index is 0.00682. The molecule has 0 aliphatic carbocycles. The Kier molecular flexibility index (Phi) is 5.46. The minimum Gasteiger partial charge on any atom is -0.494 e. The summed E-state index contributed by atoms with van der Waals surface area (Å²) in [6.45, 7) is 1.87. The maximum absolute atomic E-state index is 13.6. The van der Waals surface area contributed by atoms with Gasteiger partial charge in [0.15, 0.2) is 11.6 Å². The molecular weight excluding hydrogens is 319 g/mol. The van der Waals surface area contributed by atoms with Gasteiger partial charge in [-0.15, -0.1) is 0 Å². The number of nitro groups is 1. The number of amides is 1. The van der Waals surface area contributed by atoms with E-state index in [9.17, 15) is 19.3 Å². The van der Waals surface area contributed by atoms with Crippen molar-refractivity contribution in [2.24, 2.45) is 0 Å². The van der Waals surface area contributed by atoms with E-state index in [0.29, 0.717) is 24.1 Å². The number of aromatic nitrogens is 2. The Morgan fingerprint density at radius 2 is 2.25 bits per heavy atom. The predicted octanol–water partition coefficient (Wildman–Crippen LogP) is 2.35. The first-order valence-corrected chi connectivity index (χ1v) is 7.30. The first-order valence-electron chi connectivity index (χ1n) is 7.30. The van der Waals surface area contributed by atoms with Crippen LogP contribution in [0.25, 0.3) is 0 Å². The summed E-state index contributed by atoms with van der Waals surface area (Å²) in [4.78, 5) is 22.7. The van der Waals surface area contributed by atoms with Gasteiger partial charge in [0, 0.05) is 6.54 Å². The maximum atomic E-state index is 13.6. The number of rotatable bonds is 7. The molecule has 0 radical (unpaired) electrons. The molecule has 0 unspecified atom stereocenters. The number of hydrogen-bond donors (Lipinski definition) is 2. The largest absolute Gasteiger partial charge is 0.494 e. The van der Waals surface area contributed by atoms with Crippen molar-refractivity contribution in [1.29, 1.82) is 0 Å². The van der Waals surface area contributed by atoms with E-state index >= 15 is 0 Å². The third kappa shape index (κ3) is 3.67. The van der Waals surface area contributed by atoms with Crippen LogP contribution in [0, 0.1) is 15.9 Å². The average Bonchev–Trinajstić information content (AvgIpc) is 2.97. The molecule has 2 N–H and O–H groups in total. The number of carbonyl (C=O) groups is 1. The number of ether oxygens (including phenoxy) is 1. The molecule has 1 amide bonds. The van der Waals surface area contributed by atoms with E-state index in [2.05, 4.69) is 15.5 Å². The van der Waals surface area contributed by atoms with Crippen LogP contribution in [0.4, 0.5) is 10.1 Å². The average molecular weight is 336 g/mol. The van der Waals surface area contributed by atoms with Crippen molar-refractivity contribution >= 4 is 11.6 Å². The Bertz CT molecular complexity index is 760. The Hall–Kier alpha value is -2.97. The Balaban J connectivity index is 2.13. The normalized spacial score (nSPS) is 10.5. The molecule has 128 valence electrons. The van der Waals surface area contributed by atoms with Crippen molar-refractivity contribution in [2.75, 3.05) is 7.11 Å². The molecule has 0 spiro atoms. The fourth-order valence-electron chi connectivity index (χ4n) is 2.24. The number of halogens is 1. The van der Waals surface area contributed by atoms with Gasteiger partial charge in [0.25, 0.3) is 5.91 Å².